The molecule has 5 aliphatic rings. The van der Waals surface area contributed by atoms with Crippen LogP contribution in [0, 0.1) is 0 Å². The molecule has 2 saturated heterocycles. The van der Waals surface area contributed by atoms with Crippen molar-refractivity contribution in [1.82, 2.24) is 29.7 Å². The first kappa shape index (κ1) is 35.5. The zero-order valence-electron chi connectivity index (χ0n) is 30.9. The van der Waals surface area contributed by atoms with Crippen LogP contribution in [0.4, 0.5) is 11.4 Å². The standard InChI is InChI=1S/C40H40N8O8/c1-21(2)55-33-16-28-22(14-31(33)43-36(50)30-17-42-47-13-3-12-41-35(30)47)18-46(38(28)52)23-4-7-25(8-5-23)56-26-19-45(20-26)24-6-9-27-29(15-24)40(54)48(39(27)53)32-10-11-34(49)44-37(32)51/h3,6,9,12-17,21,23,25-26,32H,4-5,7-8,10-11,18-20H2,1-2H3,(H,43,50)(H,44,49,51). The molecular weight excluding hydrogens is 720 g/mol. The number of benzene rings is 2. The number of nitrogens with zero attached hydrogens (tertiary/aromatic N) is 6. The predicted octanol–water partition coefficient (Wildman–Crippen LogP) is 3.34. The first-order valence-electron chi connectivity index (χ1n) is 19.0. The molecule has 1 atom stereocenters. The second-order valence-electron chi connectivity index (χ2n) is 15.3. The third-order valence-electron chi connectivity index (χ3n) is 11.3. The fraction of sp³-hybridized carbons (Fsp3) is 0.400. The molecule has 4 aliphatic heterocycles. The molecule has 3 fully saturated rings. The van der Waals surface area contributed by atoms with Gasteiger partial charge in [0.05, 0.1) is 41.3 Å². The van der Waals surface area contributed by atoms with Crippen LogP contribution in [0.5, 0.6) is 5.75 Å². The Balaban J connectivity index is 0.794. The van der Waals surface area contributed by atoms with E-state index in [1.807, 2.05) is 24.8 Å². The first-order valence-corrected chi connectivity index (χ1v) is 19.0. The highest BCUT2D eigenvalue weighted by Crippen LogP contribution is 2.39. The van der Waals surface area contributed by atoms with Gasteiger partial charge < -0.3 is 24.6 Å². The van der Waals surface area contributed by atoms with Gasteiger partial charge in [-0.1, -0.05) is 0 Å². The summed E-state index contributed by atoms with van der Waals surface area (Å²) in [6.07, 6.45) is 8.07. The summed E-state index contributed by atoms with van der Waals surface area (Å²) >= 11 is 0. The Kier molecular flexibility index (Phi) is 8.79. The zero-order chi connectivity index (χ0) is 38.8. The molecule has 288 valence electrons. The van der Waals surface area contributed by atoms with Crippen molar-refractivity contribution in [3.63, 3.8) is 0 Å². The van der Waals surface area contributed by atoms with Crippen molar-refractivity contribution in [1.29, 1.82) is 0 Å². The van der Waals surface area contributed by atoms with E-state index in [-0.39, 0.29) is 60.1 Å². The molecule has 2 N–H and O–H groups in total. The smallest absolute Gasteiger partial charge is 0.262 e. The van der Waals surface area contributed by atoms with Crippen molar-refractivity contribution >= 4 is 52.5 Å². The number of piperidine rings is 1. The number of amides is 6. The lowest BCUT2D eigenvalue weighted by atomic mass is 9.91. The van der Waals surface area contributed by atoms with E-state index < -0.39 is 29.7 Å². The lowest BCUT2D eigenvalue weighted by Crippen LogP contribution is -2.54. The highest BCUT2D eigenvalue weighted by atomic mass is 16.5. The second-order valence-corrected chi connectivity index (χ2v) is 15.3. The zero-order valence-corrected chi connectivity index (χ0v) is 30.9. The topological polar surface area (TPSA) is 185 Å². The van der Waals surface area contributed by atoms with Gasteiger partial charge in [-0.3, -0.25) is 39.0 Å². The van der Waals surface area contributed by atoms with Gasteiger partial charge >= 0.3 is 0 Å². The predicted molar refractivity (Wildman–Crippen MR) is 199 cm³/mol. The number of carbonyl (C=O) groups is 6. The number of hydrogen-bond acceptors (Lipinski definition) is 11. The Labute approximate surface area is 321 Å². The van der Waals surface area contributed by atoms with E-state index in [4.69, 9.17) is 9.47 Å². The summed E-state index contributed by atoms with van der Waals surface area (Å²) in [4.78, 5) is 86.8. The maximum atomic E-state index is 13.8. The van der Waals surface area contributed by atoms with Crippen molar-refractivity contribution in [3.8, 4) is 5.75 Å². The molecule has 0 bridgehead atoms. The average molecular weight is 761 g/mol. The quantitative estimate of drug-likeness (QED) is 0.239. The van der Waals surface area contributed by atoms with Crippen molar-refractivity contribution in [2.45, 2.75) is 89.3 Å². The Morgan fingerprint density at radius 2 is 1.70 bits per heavy atom. The number of ether oxygens (including phenoxy) is 2. The van der Waals surface area contributed by atoms with Crippen LogP contribution in [-0.4, -0.2) is 103 Å². The fourth-order valence-electron chi connectivity index (χ4n) is 8.44. The highest BCUT2D eigenvalue weighted by Gasteiger charge is 2.45. The van der Waals surface area contributed by atoms with Gasteiger partial charge in [0.1, 0.15) is 17.4 Å². The lowest BCUT2D eigenvalue weighted by molar-refractivity contribution is -0.136. The highest BCUT2D eigenvalue weighted by molar-refractivity contribution is 6.23. The maximum absolute atomic E-state index is 13.8. The van der Waals surface area contributed by atoms with Gasteiger partial charge in [0.25, 0.3) is 23.6 Å². The number of fused-ring (bicyclic) bond motifs is 3. The first-order chi connectivity index (χ1) is 27.0. The molecule has 2 aromatic carbocycles. The Bertz CT molecular complexity index is 2330. The molecule has 6 amide bonds. The number of hydrogen-bond donors (Lipinski definition) is 2. The van der Waals surface area contributed by atoms with Gasteiger partial charge in [-0.25, -0.2) is 9.50 Å². The van der Waals surface area contributed by atoms with Gasteiger partial charge in [-0.05, 0) is 87.9 Å². The van der Waals surface area contributed by atoms with E-state index >= 15 is 0 Å². The van der Waals surface area contributed by atoms with Gasteiger partial charge in [-0.2, -0.15) is 5.10 Å². The molecule has 56 heavy (non-hydrogen) atoms. The Morgan fingerprint density at radius 3 is 2.46 bits per heavy atom. The van der Waals surface area contributed by atoms with Gasteiger partial charge in [0.15, 0.2) is 5.65 Å². The van der Waals surface area contributed by atoms with Crippen LogP contribution < -0.4 is 20.3 Å². The molecule has 2 aromatic heterocycles. The number of nitrogens with one attached hydrogen (secondary N) is 2. The molecular formula is C40H40N8O8. The SMILES string of the molecule is CC(C)Oc1cc2c(cc1NC(=O)c1cnn3cccnc13)CN(C1CCC(OC3CN(c4ccc5c(c4)C(=O)N(C4CCC(=O)NC4=O)C5=O)C3)CC1)C2=O. The summed E-state index contributed by atoms with van der Waals surface area (Å²) in [5.74, 6) is -2.10. The largest absolute Gasteiger partial charge is 0.489 e. The molecule has 1 aliphatic carbocycles. The van der Waals surface area contributed by atoms with Gasteiger partial charge in [0.2, 0.25) is 11.8 Å². The van der Waals surface area contributed by atoms with Crippen molar-refractivity contribution in [2.24, 2.45) is 0 Å². The van der Waals surface area contributed by atoms with Crippen molar-refractivity contribution in [3.05, 3.63) is 82.8 Å². The van der Waals surface area contributed by atoms with Gasteiger partial charge in [0, 0.05) is 55.7 Å². The molecule has 16 heteroatoms. The third kappa shape index (κ3) is 6.23. The Hall–Kier alpha value is -6.16. The number of aromatic nitrogens is 3. The minimum Gasteiger partial charge on any atom is -0.489 e. The van der Waals surface area contributed by atoms with E-state index in [1.165, 1.54) is 10.7 Å². The number of anilines is 2. The van der Waals surface area contributed by atoms with E-state index in [0.29, 0.717) is 47.8 Å². The Morgan fingerprint density at radius 1 is 0.911 bits per heavy atom. The third-order valence-corrected chi connectivity index (χ3v) is 11.3. The van der Waals surface area contributed by atoms with Crippen LogP contribution in [0.3, 0.4) is 0 Å². The summed E-state index contributed by atoms with van der Waals surface area (Å²) in [6.45, 7) is 5.48. The normalized spacial score (nSPS) is 22.4. The van der Waals surface area contributed by atoms with Crippen LogP contribution in [0.2, 0.25) is 0 Å². The molecule has 1 unspecified atom stereocenters. The van der Waals surface area contributed by atoms with Crippen molar-refractivity contribution in [2.75, 3.05) is 23.3 Å². The summed E-state index contributed by atoms with van der Waals surface area (Å²) in [6, 6.07) is 9.48. The molecule has 4 aromatic rings. The van der Waals surface area contributed by atoms with Crippen LogP contribution in [0.25, 0.3) is 5.65 Å². The van der Waals surface area contributed by atoms with E-state index in [2.05, 4.69) is 25.6 Å². The lowest BCUT2D eigenvalue weighted by Gasteiger charge is -2.43. The van der Waals surface area contributed by atoms with E-state index in [1.54, 1.807) is 42.7 Å². The fourth-order valence-corrected chi connectivity index (χ4v) is 8.44. The minimum absolute atomic E-state index is 0.00399. The molecule has 0 radical (unpaired) electrons. The maximum Gasteiger partial charge on any atom is 0.262 e. The number of rotatable bonds is 9. The van der Waals surface area contributed by atoms with Crippen LogP contribution in [0.15, 0.2) is 55.0 Å². The molecule has 16 nitrogen and oxygen atoms in total. The monoisotopic (exact) mass is 760 g/mol. The molecule has 1 saturated carbocycles. The molecule has 6 heterocycles. The van der Waals surface area contributed by atoms with Gasteiger partial charge in [-0.15, -0.1) is 0 Å². The number of imide groups is 2. The average Bonchev–Trinajstić information content (AvgIpc) is 3.81. The van der Waals surface area contributed by atoms with E-state index in [0.717, 1.165) is 41.8 Å². The molecule has 9 rings (SSSR count). The summed E-state index contributed by atoms with van der Waals surface area (Å²) < 4.78 is 14.1. The van der Waals surface area contributed by atoms with Crippen LogP contribution >= 0.6 is 0 Å². The van der Waals surface area contributed by atoms with Crippen LogP contribution in [0.1, 0.15) is 99.4 Å². The second kappa shape index (κ2) is 13.8. The van der Waals surface area contributed by atoms with Crippen LogP contribution in [-0.2, 0) is 20.9 Å². The summed E-state index contributed by atoms with van der Waals surface area (Å²) in [7, 11) is 0. The minimum atomic E-state index is -1.00. The summed E-state index contributed by atoms with van der Waals surface area (Å²) in [5, 5.41) is 9.41. The van der Waals surface area contributed by atoms with Crippen molar-refractivity contribution < 1.29 is 38.2 Å². The van der Waals surface area contributed by atoms with E-state index in [9.17, 15) is 28.8 Å². The molecule has 0 spiro atoms. The summed E-state index contributed by atoms with van der Waals surface area (Å²) in [5.41, 5.74) is 3.94. The number of carbonyl (C=O) groups excluding carboxylic acids is 6.